The van der Waals surface area contributed by atoms with Crippen LogP contribution in [-0.2, 0) is 14.2 Å². The normalized spacial score (nSPS) is 25.8. The highest BCUT2D eigenvalue weighted by Gasteiger charge is 2.33. The van der Waals surface area contributed by atoms with Gasteiger partial charge in [0.2, 0.25) is 0 Å². The second kappa shape index (κ2) is 6.94. The molecule has 98 valence electrons. The highest BCUT2D eigenvalue weighted by Crippen LogP contribution is 2.35. The summed E-state index contributed by atoms with van der Waals surface area (Å²) in [5.41, 5.74) is 1.41. The minimum Gasteiger partial charge on any atom is -0.382 e. The summed E-state index contributed by atoms with van der Waals surface area (Å²) in [4.78, 5) is 0. The molecular weight excluding hydrogens is 216 g/mol. The molecule has 1 aliphatic carbocycles. The first-order valence-electron chi connectivity index (χ1n) is 6.07. The van der Waals surface area contributed by atoms with Crippen LogP contribution in [0.2, 0.25) is 0 Å². The fourth-order valence-electron chi connectivity index (χ4n) is 2.23. The van der Waals surface area contributed by atoms with Crippen LogP contribution in [0.15, 0.2) is 23.8 Å². The summed E-state index contributed by atoms with van der Waals surface area (Å²) in [6.45, 7) is 6.22. The molecule has 3 nitrogen and oxygen atoms in total. The zero-order valence-corrected chi connectivity index (χ0v) is 11.4. The van der Waals surface area contributed by atoms with E-state index in [0.29, 0.717) is 19.8 Å². The topological polar surface area (TPSA) is 27.7 Å². The summed E-state index contributed by atoms with van der Waals surface area (Å²) in [5, 5.41) is 0. The van der Waals surface area contributed by atoms with Crippen LogP contribution in [0.3, 0.4) is 0 Å². The first kappa shape index (κ1) is 14.4. The first-order valence-corrected chi connectivity index (χ1v) is 6.07. The Labute approximate surface area is 104 Å². The number of hydrogen-bond acceptors (Lipinski definition) is 3. The van der Waals surface area contributed by atoms with Gasteiger partial charge in [0, 0.05) is 19.6 Å². The smallest absolute Gasteiger partial charge is 0.0895 e. The fraction of sp³-hybridized carbons (Fsp3) is 0.714. The maximum Gasteiger partial charge on any atom is 0.0895 e. The van der Waals surface area contributed by atoms with Crippen molar-refractivity contribution < 1.29 is 14.2 Å². The molecule has 2 atom stereocenters. The predicted octanol–water partition coefficient (Wildman–Crippen LogP) is 2.58. The molecule has 1 aliphatic rings. The Bertz CT molecular complexity index is 283. The van der Waals surface area contributed by atoms with E-state index in [0.717, 1.165) is 6.42 Å². The maximum atomic E-state index is 5.58. The minimum absolute atomic E-state index is 0.0284. The first-order chi connectivity index (χ1) is 8.12. The molecule has 17 heavy (non-hydrogen) atoms. The lowest BCUT2D eigenvalue weighted by atomic mass is 9.76. The zero-order valence-electron chi connectivity index (χ0n) is 11.4. The van der Waals surface area contributed by atoms with Gasteiger partial charge in [-0.15, -0.1) is 0 Å². The van der Waals surface area contributed by atoms with Crippen molar-refractivity contribution in [3.05, 3.63) is 23.8 Å². The van der Waals surface area contributed by atoms with Crippen molar-refractivity contribution in [3.8, 4) is 0 Å². The summed E-state index contributed by atoms with van der Waals surface area (Å²) in [5.74, 6) is 0. The van der Waals surface area contributed by atoms with Crippen molar-refractivity contribution in [1.29, 1.82) is 0 Å². The molecule has 0 aromatic rings. The highest BCUT2D eigenvalue weighted by molar-refractivity contribution is 5.23. The Morgan fingerprint density at radius 1 is 1.35 bits per heavy atom. The molecule has 1 rings (SSSR count). The predicted molar refractivity (Wildman–Crippen MR) is 69.1 cm³/mol. The van der Waals surface area contributed by atoms with E-state index in [1.165, 1.54) is 5.57 Å². The quantitative estimate of drug-likeness (QED) is 0.640. The van der Waals surface area contributed by atoms with Gasteiger partial charge in [0.1, 0.15) is 0 Å². The molecule has 0 bridgehead atoms. The average Bonchev–Trinajstić information content (AvgIpc) is 2.28. The van der Waals surface area contributed by atoms with Gasteiger partial charge < -0.3 is 14.2 Å². The van der Waals surface area contributed by atoms with Crippen LogP contribution in [0.5, 0.6) is 0 Å². The Morgan fingerprint density at radius 2 is 2.12 bits per heavy atom. The van der Waals surface area contributed by atoms with Gasteiger partial charge >= 0.3 is 0 Å². The molecule has 0 aliphatic heterocycles. The Kier molecular flexibility index (Phi) is 5.89. The molecule has 0 aromatic carbocycles. The van der Waals surface area contributed by atoms with Gasteiger partial charge in [0.15, 0.2) is 0 Å². The van der Waals surface area contributed by atoms with Crippen LogP contribution < -0.4 is 0 Å². The van der Waals surface area contributed by atoms with Crippen molar-refractivity contribution in [1.82, 2.24) is 0 Å². The monoisotopic (exact) mass is 240 g/mol. The Morgan fingerprint density at radius 3 is 2.71 bits per heavy atom. The van der Waals surface area contributed by atoms with Gasteiger partial charge in [0.05, 0.1) is 25.9 Å². The van der Waals surface area contributed by atoms with E-state index in [2.05, 4.69) is 32.1 Å². The molecule has 0 amide bonds. The summed E-state index contributed by atoms with van der Waals surface area (Å²) < 4.78 is 16.1. The summed E-state index contributed by atoms with van der Waals surface area (Å²) >= 11 is 0. The van der Waals surface area contributed by atoms with Crippen LogP contribution in [0, 0.1) is 5.41 Å². The van der Waals surface area contributed by atoms with Gasteiger partial charge in [-0.3, -0.25) is 0 Å². The standard InChI is InChI=1S/C14H24O3/c1-12-6-5-7-14(2,10-12)13(16-4)11-17-9-8-15-3/h5-7,13H,8-11H2,1-4H3. The molecule has 0 saturated heterocycles. The van der Waals surface area contributed by atoms with Crippen LogP contribution in [0.1, 0.15) is 20.3 Å². The summed E-state index contributed by atoms with van der Waals surface area (Å²) in [6, 6.07) is 0. The molecule has 0 spiro atoms. The van der Waals surface area contributed by atoms with Crippen molar-refractivity contribution in [2.45, 2.75) is 26.4 Å². The highest BCUT2D eigenvalue weighted by atomic mass is 16.5. The molecule has 0 N–H and O–H groups in total. The molecule has 0 radical (unpaired) electrons. The maximum absolute atomic E-state index is 5.58. The van der Waals surface area contributed by atoms with Gasteiger partial charge in [-0.05, 0) is 13.3 Å². The molecule has 2 unspecified atom stereocenters. The van der Waals surface area contributed by atoms with E-state index < -0.39 is 0 Å². The fourth-order valence-corrected chi connectivity index (χ4v) is 2.23. The van der Waals surface area contributed by atoms with Gasteiger partial charge in [-0.1, -0.05) is 30.7 Å². The molecule has 0 heterocycles. The molecule has 3 heteroatoms. The number of rotatable bonds is 7. The Balaban J connectivity index is 2.49. The van der Waals surface area contributed by atoms with Crippen molar-refractivity contribution in [2.24, 2.45) is 5.41 Å². The lowest BCUT2D eigenvalue weighted by Crippen LogP contribution is -2.37. The van der Waals surface area contributed by atoms with Crippen LogP contribution in [-0.4, -0.2) is 40.1 Å². The number of ether oxygens (including phenoxy) is 3. The van der Waals surface area contributed by atoms with Crippen molar-refractivity contribution in [3.63, 3.8) is 0 Å². The molecular formula is C14H24O3. The van der Waals surface area contributed by atoms with Crippen molar-refractivity contribution >= 4 is 0 Å². The lowest BCUT2D eigenvalue weighted by Gasteiger charge is -2.36. The third kappa shape index (κ3) is 4.26. The second-order valence-electron chi connectivity index (χ2n) is 4.85. The van der Waals surface area contributed by atoms with E-state index in [-0.39, 0.29) is 11.5 Å². The van der Waals surface area contributed by atoms with E-state index >= 15 is 0 Å². The third-order valence-corrected chi connectivity index (χ3v) is 3.24. The number of allylic oxidation sites excluding steroid dienone is 3. The van der Waals surface area contributed by atoms with E-state index in [1.54, 1.807) is 14.2 Å². The van der Waals surface area contributed by atoms with E-state index in [1.807, 2.05) is 0 Å². The minimum atomic E-state index is 0.0284. The van der Waals surface area contributed by atoms with Crippen LogP contribution >= 0.6 is 0 Å². The van der Waals surface area contributed by atoms with Crippen LogP contribution in [0.4, 0.5) is 0 Å². The van der Waals surface area contributed by atoms with E-state index in [9.17, 15) is 0 Å². The van der Waals surface area contributed by atoms with Gasteiger partial charge in [-0.2, -0.15) is 0 Å². The van der Waals surface area contributed by atoms with E-state index in [4.69, 9.17) is 14.2 Å². The summed E-state index contributed by atoms with van der Waals surface area (Å²) in [6.07, 6.45) is 7.59. The lowest BCUT2D eigenvalue weighted by molar-refractivity contribution is -0.0511. The Hall–Kier alpha value is -0.640. The van der Waals surface area contributed by atoms with Crippen LogP contribution in [0.25, 0.3) is 0 Å². The number of methoxy groups -OCH3 is 2. The largest absolute Gasteiger partial charge is 0.382 e. The van der Waals surface area contributed by atoms with Crippen molar-refractivity contribution in [2.75, 3.05) is 34.0 Å². The van der Waals surface area contributed by atoms with Gasteiger partial charge in [0.25, 0.3) is 0 Å². The summed E-state index contributed by atoms with van der Waals surface area (Å²) in [7, 11) is 3.42. The van der Waals surface area contributed by atoms with Gasteiger partial charge in [-0.25, -0.2) is 0 Å². The molecule has 0 saturated carbocycles. The SMILES string of the molecule is COCCOCC(OC)C1(C)C=CC=C(C)C1. The molecule has 0 aromatic heterocycles. The molecule has 0 fully saturated rings. The third-order valence-electron chi connectivity index (χ3n) is 3.24. The second-order valence-corrected chi connectivity index (χ2v) is 4.85. The average molecular weight is 240 g/mol. The zero-order chi connectivity index (χ0) is 12.7. The number of hydrogen-bond donors (Lipinski definition) is 0.